The molecule has 2 aromatic rings. The number of halogens is 1. The third-order valence-electron chi connectivity index (χ3n) is 2.64. The molecule has 0 bridgehead atoms. The lowest BCUT2D eigenvalue weighted by atomic mass is 10.2. The average molecular weight is 341 g/mol. The number of nitrogens with zero attached hydrogens (tertiary/aromatic N) is 1. The smallest absolute Gasteiger partial charge is 0.176 e. The van der Waals surface area contributed by atoms with Crippen molar-refractivity contribution in [2.75, 3.05) is 6.61 Å². The molecular formula is C14H17BrN2O3. The summed E-state index contributed by atoms with van der Waals surface area (Å²) in [6.45, 7) is 5.08. The van der Waals surface area contributed by atoms with Crippen LogP contribution in [-0.4, -0.2) is 11.8 Å². The first-order valence-electron chi connectivity index (χ1n) is 6.34. The Morgan fingerprint density at radius 2 is 2.10 bits per heavy atom. The Morgan fingerprint density at radius 3 is 2.70 bits per heavy atom. The van der Waals surface area contributed by atoms with Gasteiger partial charge in [-0.1, -0.05) is 5.16 Å². The van der Waals surface area contributed by atoms with Gasteiger partial charge < -0.3 is 19.7 Å². The fourth-order valence-corrected chi connectivity index (χ4v) is 2.37. The SMILES string of the molecule is CCOc1cc(CN)cc(Br)c1OCc1cc(C)no1. The second-order valence-corrected chi connectivity index (χ2v) is 5.12. The number of hydrogen-bond acceptors (Lipinski definition) is 5. The topological polar surface area (TPSA) is 70.5 Å². The minimum absolute atomic E-state index is 0.293. The molecule has 1 aromatic heterocycles. The van der Waals surface area contributed by atoms with E-state index in [1.807, 2.05) is 32.0 Å². The first-order valence-corrected chi connectivity index (χ1v) is 7.13. The highest BCUT2D eigenvalue weighted by molar-refractivity contribution is 9.10. The number of benzene rings is 1. The van der Waals surface area contributed by atoms with Crippen molar-refractivity contribution in [3.63, 3.8) is 0 Å². The number of aromatic nitrogens is 1. The highest BCUT2D eigenvalue weighted by Gasteiger charge is 2.13. The summed E-state index contributed by atoms with van der Waals surface area (Å²) in [7, 11) is 0. The van der Waals surface area contributed by atoms with Crippen molar-refractivity contribution < 1.29 is 14.0 Å². The molecular weight excluding hydrogens is 324 g/mol. The first-order chi connectivity index (χ1) is 9.63. The third kappa shape index (κ3) is 3.52. The lowest BCUT2D eigenvalue weighted by Gasteiger charge is -2.14. The Bertz CT molecular complexity index is 584. The van der Waals surface area contributed by atoms with Crippen LogP contribution in [0.5, 0.6) is 11.5 Å². The Hall–Kier alpha value is -1.53. The maximum Gasteiger partial charge on any atom is 0.176 e. The van der Waals surface area contributed by atoms with E-state index in [0.717, 1.165) is 15.7 Å². The number of nitrogens with two attached hydrogens (primary N) is 1. The fraction of sp³-hybridized carbons (Fsp3) is 0.357. The van der Waals surface area contributed by atoms with Gasteiger partial charge in [-0.3, -0.25) is 0 Å². The van der Waals surface area contributed by atoms with Gasteiger partial charge in [-0.2, -0.15) is 0 Å². The largest absolute Gasteiger partial charge is 0.490 e. The molecule has 20 heavy (non-hydrogen) atoms. The molecule has 0 unspecified atom stereocenters. The van der Waals surface area contributed by atoms with E-state index in [-0.39, 0.29) is 0 Å². The van der Waals surface area contributed by atoms with Crippen LogP contribution in [0, 0.1) is 6.92 Å². The maximum atomic E-state index is 5.77. The van der Waals surface area contributed by atoms with Crippen LogP contribution < -0.4 is 15.2 Å². The second-order valence-electron chi connectivity index (χ2n) is 4.27. The van der Waals surface area contributed by atoms with Gasteiger partial charge >= 0.3 is 0 Å². The quantitative estimate of drug-likeness (QED) is 0.874. The van der Waals surface area contributed by atoms with Gasteiger partial charge in [-0.15, -0.1) is 0 Å². The van der Waals surface area contributed by atoms with E-state index in [0.29, 0.717) is 37.0 Å². The predicted octanol–water partition coefficient (Wildman–Crippen LogP) is 3.18. The van der Waals surface area contributed by atoms with Crippen LogP contribution in [0.15, 0.2) is 27.2 Å². The van der Waals surface area contributed by atoms with Crippen LogP contribution in [-0.2, 0) is 13.2 Å². The van der Waals surface area contributed by atoms with Crippen molar-refractivity contribution in [2.45, 2.75) is 27.0 Å². The van der Waals surface area contributed by atoms with E-state index in [4.69, 9.17) is 19.7 Å². The standard InChI is InChI=1S/C14H17BrN2O3/c1-3-18-13-6-10(7-16)5-12(15)14(13)19-8-11-4-9(2)17-20-11/h4-6H,3,7-8,16H2,1-2H3. The minimum Gasteiger partial charge on any atom is -0.490 e. The molecule has 5 nitrogen and oxygen atoms in total. The lowest BCUT2D eigenvalue weighted by molar-refractivity contribution is 0.231. The number of rotatable bonds is 6. The van der Waals surface area contributed by atoms with Crippen LogP contribution in [0.25, 0.3) is 0 Å². The Balaban J connectivity index is 2.20. The number of aryl methyl sites for hydroxylation is 1. The molecule has 0 saturated heterocycles. The zero-order valence-electron chi connectivity index (χ0n) is 11.5. The van der Waals surface area contributed by atoms with E-state index in [1.165, 1.54) is 0 Å². The van der Waals surface area contributed by atoms with Gasteiger partial charge in [0.2, 0.25) is 0 Å². The molecule has 0 aliphatic heterocycles. The van der Waals surface area contributed by atoms with E-state index in [1.54, 1.807) is 0 Å². The first kappa shape index (κ1) is 14.9. The molecule has 0 amide bonds. The third-order valence-corrected chi connectivity index (χ3v) is 3.23. The number of ether oxygens (including phenoxy) is 2. The van der Waals surface area contributed by atoms with Gasteiger partial charge in [0.15, 0.2) is 17.3 Å². The summed E-state index contributed by atoms with van der Waals surface area (Å²) in [5.41, 5.74) is 7.46. The number of hydrogen-bond donors (Lipinski definition) is 1. The normalized spacial score (nSPS) is 10.6. The monoisotopic (exact) mass is 340 g/mol. The average Bonchev–Trinajstić information content (AvgIpc) is 2.83. The molecule has 1 heterocycles. The second kappa shape index (κ2) is 6.76. The molecule has 6 heteroatoms. The molecule has 2 N–H and O–H groups in total. The van der Waals surface area contributed by atoms with Crippen LogP contribution >= 0.6 is 15.9 Å². The van der Waals surface area contributed by atoms with Crippen molar-refractivity contribution in [1.29, 1.82) is 0 Å². The summed E-state index contributed by atoms with van der Waals surface area (Å²) in [6, 6.07) is 5.64. The van der Waals surface area contributed by atoms with Crippen LogP contribution in [0.4, 0.5) is 0 Å². The zero-order valence-corrected chi connectivity index (χ0v) is 13.1. The van der Waals surface area contributed by atoms with Gasteiger partial charge in [0.25, 0.3) is 0 Å². The molecule has 108 valence electrons. The Morgan fingerprint density at radius 1 is 1.30 bits per heavy atom. The highest BCUT2D eigenvalue weighted by Crippen LogP contribution is 2.37. The molecule has 2 rings (SSSR count). The molecule has 0 spiro atoms. The predicted molar refractivity (Wildman–Crippen MR) is 78.8 cm³/mol. The fourth-order valence-electron chi connectivity index (χ4n) is 1.77. The molecule has 0 saturated carbocycles. The van der Waals surface area contributed by atoms with Crippen molar-refractivity contribution in [2.24, 2.45) is 5.73 Å². The summed E-state index contributed by atoms with van der Waals surface area (Å²) in [4.78, 5) is 0. The molecule has 1 aromatic carbocycles. The molecule has 0 aliphatic carbocycles. The van der Waals surface area contributed by atoms with Gasteiger partial charge in [-0.05, 0) is 47.5 Å². The summed E-state index contributed by atoms with van der Waals surface area (Å²) >= 11 is 3.48. The maximum absolute atomic E-state index is 5.77. The van der Waals surface area contributed by atoms with Gasteiger partial charge in [-0.25, -0.2) is 0 Å². The van der Waals surface area contributed by atoms with Crippen molar-refractivity contribution in [3.05, 3.63) is 39.7 Å². The van der Waals surface area contributed by atoms with Gasteiger partial charge in [0, 0.05) is 12.6 Å². The molecule has 0 atom stereocenters. The summed E-state index contributed by atoms with van der Waals surface area (Å²) < 4.78 is 17.3. The summed E-state index contributed by atoms with van der Waals surface area (Å²) in [6.07, 6.45) is 0. The van der Waals surface area contributed by atoms with Crippen molar-refractivity contribution in [1.82, 2.24) is 5.16 Å². The van der Waals surface area contributed by atoms with E-state index in [9.17, 15) is 0 Å². The lowest BCUT2D eigenvalue weighted by Crippen LogP contribution is -2.03. The van der Waals surface area contributed by atoms with Crippen molar-refractivity contribution >= 4 is 15.9 Å². The van der Waals surface area contributed by atoms with E-state index in [2.05, 4.69) is 21.1 Å². The minimum atomic E-state index is 0.293. The van der Waals surface area contributed by atoms with Gasteiger partial charge in [0.1, 0.15) is 6.61 Å². The molecule has 0 radical (unpaired) electrons. The van der Waals surface area contributed by atoms with Crippen molar-refractivity contribution in [3.8, 4) is 11.5 Å². The van der Waals surface area contributed by atoms with Gasteiger partial charge in [0.05, 0.1) is 16.8 Å². The highest BCUT2D eigenvalue weighted by atomic mass is 79.9. The van der Waals surface area contributed by atoms with Crippen LogP contribution in [0.2, 0.25) is 0 Å². The summed E-state index contributed by atoms with van der Waals surface area (Å²) in [5.74, 6) is 1.97. The van der Waals surface area contributed by atoms with E-state index >= 15 is 0 Å². The zero-order chi connectivity index (χ0) is 14.5. The van der Waals surface area contributed by atoms with Crippen LogP contribution in [0.1, 0.15) is 23.9 Å². The van der Waals surface area contributed by atoms with E-state index < -0.39 is 0 Å². The summed E-state index contributed by atoms with van der Waals surface area (Å²) in [5, 5.41) is 3.82. The van der Waals surface area contributed by atoms with Crippen LogP contribution in [0.3, 0.4) is 0 Å². The molecule has 0 aliphatic rings. The Labute approximate surface area is 126 Å². The Kier molecular flexibility index (Phi) is 5.03. The molecule has 0 fully saturated rings.